The minimum atomic E-state index is -0.449. The number of piperidine rings is 1. The van der Waals surface area contributed by atoms with Crippen molar-refractivity contribution < 1.29 is 14.3 Å². The number of benzene rings is 1. The molecule has 1 atom stereocenters. The van der Waals surface area contributed by atoms with E-state index in [0.717, 1.165) is 12.8 Å². The van der Waals surface area contributed by atoms with Crippen LogP contribution in [0.1, 0.15) is 19.8 Å². The Morgan fingerprint density at radius 3 is 2.64 bits per heavy atom. The van der Waals surface area contributed by atoms with Crippen LogP contribution < -0.4 is 11.2 Å². The standard InChI is InChI=1S/C20H25N3O5/c1-2-22-18(25)15-7-3-4-8-16(15)23(20(22)26)13-17(24)21-9-5-6-14(12-21)19-27-10-11-28-19/h3-4,7-8,14,19H,2,5-6,9-13H2,1H3. The molecule has 8 heteroatoms. The molecule has 1 unspecified atom stereocenters. The van der Waals surface area contributed by atoms with Crippen LogP contribution in [-0.4, -0.2) is 52.5 Å². The molecule has 4 rings (SSSR count). The number of rotatable bonds is 4. The maximum absolute atomic E-state index is 13.0. The van der Waals surface area contributed by atoms with Crippen molar-refractivity contribution in [2.45, 2.75) is 39.1 Å². The van der Waals surface area contributed by atoms with Crippen molar-refractivity contribution in [3.8, 4) is 0 Å². The van der Waals surface area contributed by atoms with Gasteiger partial charge in [-0.05, 0) is 31.9 Å². The summed E-state index contributed by atoms with van der Waals surface area (Å²) in [6, 6.07) is 6.93. The highest BCUT2D eigenvalue weighted by Gasteiger charge is 2.33. The second-order valence-electron chi connectivity index (χ2n) is 7.29. The molecule has 2 aliphatic rings. The first-order chi connectivity index (χ1) is 13.6. The molecule has 0 radical (unpaired) electrons. The van der Waals surface area contributed by atoms with Gasteiger partial charge in [0.05, 0.1) is 24.1 Å². The van der Waals surface area contributed by atoms with Crippen molar-refractivity contribution in [3.63, 3.8) is 0 Å². The molecule has 150 valence electrons. The molecule has 2 aliphatic heterocycles. The topological polar surface area (TPSA) is 82.8 Å². The van der Waals surface area contributed by atoms with Crippen LogP contribution in [0.15, 0.2) is 33.9 Å². The number of para-hydroxylation sites is 1. The highest BCUT2D eigenvalue weighted by Crippen LogP contribution is 2.25. The number of nitrogens with zero attached hydrogens (tertiary/aromatic N) is 3. The Morgan fingerprint density at radius 2 is 1.89 bits per heavy atom. The molecule has 2 aromatic rings. The van der Waals surface area contributed by atoms with Gasteiger partial charge in [-0.2, -0.15) is 0 Å². The number of amides is 1. The summed E-state index contributed by atoms with van der Waals surface area (Å²) in [6.45, 7) is 4.33. The summed E-state index contributed by atoms with van der Waals surface area (Å²) in [4.78, 5) is 40.2. The van der Waals surface area contributed by atoms with Gasteiger partial charge in [0, 0.05) is 25.6 Å². The summed E-state index contributed by atoms with van der Waals surface area (Å²) in [7, 11) is 0. The SMILES string of the molecule is CCn1c(=O)c2ccccc2n(CC(=O)N2CCCC(C3OCCO3)C2)c1=O. The molecule has 0 aliphatic carbocycles. The predicted octanol–water partition coefficient (Wildman–Crippen LogP) is 0.795. The summed E-state index contributed by atoms with van der Waals surface area (Å²) < 4.78 is 13.8. The van der Waals surface area contributed by atoms with E-state index in [0.29, 0.717) is 37.2 Å². The number of fused-ring (bicyclic) bond motifs is 1. The van der Waals surface area contributed by atoms with Crippen molar-refractivity contribution in [3.05, 3.63) is 45.1 Å². The van der Waals surface area contributed by atoms with Crippen molar-refractivity contribution in [1.29, 1.82) is 0 Å². The summed E-state index contributed by atoms with van der Waals surface area (Å²) >= 11 is 0. The second kappa shape index (κ2) is 7.89. The van der Waals surface area contributed by atoms with Crippen molar-refractivity contribution in [2.75, 3.05) is 26.3 Å². The Hall–Kier alpha value is -2.45. The lowest BCUT2D eigenvalue weighted by atomic mass is 9.97. The molecule has 0 bridgehead atoms. The fraction of sp³-hybridized carbons (Fsp3) is 0.550. The lowest BCUT2D eigenvalue weighted by Crippen LogP contribution is -2.47. The third-order valence-electron chi connectivity index (χ3n) is 5.58. The third kappa shape index (κ3) is 3.38. The van der Waals surface area contributed by atoms with Crippen LogP contribution in [0.5, 0.6) is 0 Å². The lowest BCUT2D eigenvalue weighted by Gasteiger charge is -2.35. The van der Waals surface area contributed by atoms with Crippen LogP contribution in [0, 0.1) is 5.92 Å². The summed E-state index contributed by atoms with van der Waals surface area (Å²) in [5.74, 6) is 0.0227. The smallest absolute Gasteiger partial charge is 0.331 e. The average molecular weight is 387 g/mol. The summed E-state index contributed by atoms with van der Waals surface area (Å²) in [5.41, 5.74) is -0.275. The number of hydrogen-bond donors (Lipinski definition) is 0. The van der Waals surface area contributed by atoms with Crippen LogP contribution in [0.25, 0.3) is 10.9 Å². The van der Waals surface area contributed by atoms with Crippen LogP contribution >= 0.6 is 0 Å². The van der Waals surface area contributed by atoms with Gasteiger partial charge in [0.2, 0.25) is 5.91 Å². The van der Waals surface area contributed by atoms with E-state index in [2.05, 4.69) is 0 Å². The van der Waals surface area contributed by atoms with Crippen molar-refractivity contribution >= 4 is 16.8 Å². The zero-order valence-electron chi connectivity index (χ0n) is 16.0. The van der Waals surface area contributed by atoms with E-state index in [4.69, 9.17) is 9.47 Å². The minimum absolute atomic E-state index is 0.0846. The second-order valence-corrected chi connectivity index (χ2v) is 7.29. The van der Waals surface area contributed by atoms with Crippen LogP contribution in [0.4, 0.5) is 0 Å². The fourth-order valence-corrected chi connectivity index (χ4v) is 4.15. The lowest BCUT2D eigenvalue weighted by molar-refractivity contribution is -0.139. The summed E-state index contributed by atoms with van der Waals surface area (Å²) in [6.07, 6.45) is 1.59. The first-order valence-corrected chi connectivity index (χ1v) is 9.83. The Morgan fingerprint density at radius 1 is 1.14 bits per heavy atom. The van der Waals surface area contributed by atoms with Crippen molar-refractivity contribution in [2.24, 2.45) is 5.92 Å². The molecule has 0 spiro atoms. The molecule has 1 amide bonds. The van der Waals surface area contributed by atoms with Gasteiger partial charge in [-0.1, -0.05) is 12.1 Å². The van der Waals surface area contributed by atoms with E-state index in [1.54, 1.807) is 36.1 Å². The van der Waals surface area contributed by atoms with Gasteiger partial charge >= 0.3 is 5.69 Å². The largest absolute Gasteiger partial charge is 0.350 e. The predicted molar refractivity (Wildman–Crippen MR) is 103 cm³/mol. The molecule has 1 aromatic heterocycles. The maximum Gasteiger partial charge on any atom is 0.331 e. The van der Waals surface area contributed by atoms with E-state index in [-0.39, 0.29) is 36.8 Å². The Kier molecular flexibility index (Phi) is 5.32. The first kappa shape index (κ1) is 18.9. The molecule has 8 nitrogen and oxygen atoms in total. The number of hydrogen-bond acceptors (Lipinski definition) is 5. The normalized spacial score (nSPS) is 20.8. The van der Waals surface area contributed by atoms with E-state index in [9.17, 15) is 14.4 Å². The van der Waals surface area contributed by atoms with Gasteiger partial charge in [0.1, 0.15) is 6.54 Å². The Labute approximate surface area is 162 Å². The van der Waals surface area contributed by atoms with Gasteiger partial charge < -0.3 is 14.4 Å². The van der Waals surface area contributed by atoms with Crippen LogP contribution in [0.2, 0.25) is 0 Å². The van der Waals surface area contributed by atoms with E-state index in [1.807, 2.05) is 0 Å². The average Bonchev–Trinajstić information content (AvgIpc) is 3.26. The van der Waals surface area contributed by atoms with Crippen LogP contribution in [0.3, 0.4) is 0 Å². The zero-order chi connectivity index (χ0) is 19.7. The van der Waals surface area contributed by atoms with Gasteiger partial charge in [-0.3, -0.25) is 18.7 Å². The van der Waals surface area contributed by atoms with Gasteiger partial charge in [0.25, 0.3) is 5.56 Å². The number of carbonyl (C=O) groups is 1. The van der Waals surface area contributed by atoms with E-state index in [1.165, 1.54) is 9.13 Å². The molecule has 2 fully saturated rings. The molecule has 0 N–H and O–H groups in total. The molecule has 28 heavy (non-hydrogen) atoms. The number of carbonyl (C=O) groups excluding carboxylic acids is 1. The quantitative estimate of drug-likeness (QED) is 0.775. The monoisotopic (exact) mass is 387 g/mol. The highest BCUT2D eigenvalue weighted by atomic mass is 16.7. The minimum Gasteiger partial charge on any atom is -0.350 e. The Balaban J connectivity index is 1.62. The van der Waals surface area contributed by atoms with E-state index < -0.39 is 5.69 Å². The van der Waals surface area contributed by atoms with Crippen molar-refractivity contribution in [1.82, 2.24) is 14.0 Å². The van der Waals surface area contributed by atoms with Crippen LogP contribution in [-0.2, 0) is 27.4 Å². The molecule has 1 aromatic carbocycles. The molecular weight excluding hydrogens is 362 g/mol. The Bertz CT molecular complexity index is 989. The molecule has 3 heterocycles. The third-order valence-corrected chi connectivity index (χ3v) is 5.58. The molecule has 0 saturated carbocycles. The summed E-state index contributed by atoms with van der Waals surface area (Å²) in [5, 5.41) is 0.445. The first-order valence-electron chi connectivity index (χ1n) is 9.83. The zero-order valence-corrected chi connectivity index (χ0v) is 16.0. The highest BCUT2D eigenvalue weighted by molar-refractivity contribution is 5.81. The number of likely N-dealkylation sites (tertiary alicyclic amines) is 1. The van der Waals surface area contributed by atoms with Gasteiger partial charge in [0.15, 0.2) is 6.29 Å². The fourth-order valence-electron chi connectivity index (χ4n) is 4.15. The van der Waals surface area contributed by atoms with E-state index >= 15 is 0 Å². The van der Waals surface area contributed by atoms with Gasteiger partial charge in [-0.25, -0.2) is 4.79 Å². The number of ether oxygens (including phenoxy) is 2. The molecule has 2 saturated heterocycles. The molecular formula is C20H25N3O5. The van der Waals surface area contributed by atoms with Gasteiger partial charge in [-0.15, -0.1) is 0 Å². The maximum atomic E-state index is 13.0. The number of aromatic nitrogens is 2.